The number of aryl methyl sites for hydroxylation is 2. The molecule has 0 fully saturated rings. The van der Waals surface area contributed by atoms with Crippen LogP contribution in [0.1, 0.15) is 26.5 Å². The van der Waals surface area contributed by atoms with Crippen LogP contribution in [0.5, 0.6) is 0 Å². The molecule has 0 aliphatic rings. The first-order valence-corrected chi connectivity index (χ1v) is 7.71. The van der Waals surface area contributed by atoms with Crippen molar-refractivity contribution in [1.29, 1.82) is 0 Å². The normalized spacial score (nSPS) is 10.8. The molecule has 3 heterocycles. The van der Waals surface area contributed by atoms with Crippen molar-refractivity contribution >= 4 is 33.1 Å². The third-order valence-corrected chi connectivity index (χ3v) is 4.53. The van der Waals surface area contributed by atoms with Crippen molar-refractivity contribution < 1.29 is 4.79 Å². The van der Waals surface area contributed by atoms with Gasteiger partial charge in [-0.2, -0.15) is 0 Å². The zero-order chi connectivity index (χ0) is 15.7. The molecule has 0 spiro atoms. The largest absolute Gasteiger partial charge is 0.397 e. The smallest absolute Gasteiger partial charge is 0.263 e. The first kappa shape index (κ1) is 14.5. The van der Waals surface area contributed by atoms with Crippen LogP contribution in [-0.2, 0) is 6.54 Å². The van der Waals surface area contributed by atoms with Gasteiger partial charge in [-0.05, 0) is 43.2 Å². The number of thiophene rings is 1. The maximum Gasteiger partial charge on any atom is 0.263 e. The van der Waals surface area contributed by atoms with Gasteiger partial charge in [-0.25, -0.2) is 4.98 Å². The minimum absolute atomic E-state index is 0.172. The molecule has 0 aromatic carbocycles. The second-order valence-corrected chi connectivity index (χ2v) is 6.14. The molecule has 3 N–H and O–H groups in total. The van der Waals surface area contributed by atoms with Crippen molar-refractivity contribution in [2.45, 2.75) is 20.4 Å². The van der Waals surface area contributed by atoms with Crippen molar-refractivity contribution in [2.24, 2.45) is 0 Å². The molecule has 112 valence electrons. The minimum atomic E-state index is -0.172. The second-order valence-electron chi connectivity index (χ2n) is 5.14. The molecule has 3 rings (SSSR count). The van der Waals surface area contributed by atoms with E-state index in [1.807, 2.05) is 32.0 Å². The number of carbonyl (C=O) groups excluding carboxylic acids is 1. The van der Waals surface area contributed by atoms with E-state index in [1.165, 1.54) is 11.3 Å². The van der Waals surface area contributed by atoms with Crippen LogP contribution in [-0.4, -0.2) is 15.9 Å². The summed E-state index contributed by atoms with van der Waals surface area (Å²) in [6, 6.07) is 5.71. The van der Waals surface area contributed by atoms with Crippen LogP contribution < -0.4 is 11.1 Å². The fourth-order valence-corrected chi connectivity index (χ4v) is 3.53. The first-order chi connectivity index (χ1) is 10.6. The van der Waals surface area contributed by atoms with Gasteiger partial charge in [-0.15, -0.1) is 11.3 Å². The molecule has 0 aliphatic carbocycles. The molecular formula is C16H16N4OS. The highest BCUT2D eigenvalue weighted by atomic mass is 32.1. The minimum Gasteiger partial charge on any atom is -0.397 e. The van der Waals surface area contributed by atoms with E-state index in [9.17, 15) is 4.79 Å². The number of pyridine rings is 2. The predicted molar refractivity (Wildman–Crippen MR) is 88.9 cm³/mol. The van der Waals surface area contributed by atoms with E-state index >= 15 is 0 Å². The standard InChI is InChI=1S/C16H16N4OS/c1-9-7-10(2)20-16-12(9)13(17)14(22-16)15(21)19-8-11-3-5-18-6-4-11/h3-7H,8,17H2,1-2H3,(H,19,21). The van der Waals surface area contributed by atoms with E-state index < -0.39 is 0 Å². The highest BCUT2D eigenvalue weighted by Crippen LogP contribution is 2.34. The van der Waals surface area contributed by atoms with Crippen LogP contribution in [0.25, 0.3) is 10.2 Å². The monoisotopic (exact) mass is 312 g/mol. The lowest BCUT2D eigenvalue weighted by molar-refractivity contribution is 0.0956. The molecular weight excluding hydrogens is 296 g/mol. The fourth-order valence-electron chi connectivity index (χ4n) is 2.40. The molecule has 0 saturated carbocycles. The first-order valence-electron chi connectivity index (χ1n) is 6.89. The molecule has 22 heavy (non-hydrogen) atoms. The quantitative estimate of drug-likeness (QED) is 0.779. The van der Waals surface area contributed by atoms with E-state index in [0.717, 1.165) is 27.0 Å². The van der Waals surface area contributed by atoms with Gasteiger partial charge in [0.15, 0.2) is 0 Å². The second kappa shape index (κ2) is 5.73. The van der Waals surface area contributed by atoms with Crippen molar-refractivity contribution in [2.75, 3.05) is 5.73 Å². The van der Waals surface area contributed by atoms with Crippen molar-refractivity contribution in [1.82, 2.24) is 15.3 Å². The van der Waals surface area contributed by atoms with E-state index in [-0.39, 0.29) is 5.91 Å². The van der Waals surface area contributed by atoms with E-state index in [0.29, 0.717) is 17.1 Å². The Hall–Kier alpha value is -2.47. The molecule has 6 heteroatoms. The molecule has 0 atom stereocenters. The predicted octanol–water partition coefficient (Wildman–Crippen LogP) is 2.82. The lowest BCUT2D eigenvalue weighted by Gasteiger charge is -2.04. The molecule has 0 saturated heterocycles. The Balaban J connectivity index is 1.88. The number of nitrogens with zero attached hydrogens (tertiary/aromatic N) is 2. The summed E-state index contributed by atoms with van der Waals surface area (Å²) >= 11 is 1.33. The number of fused-ring (bicyclic) bond motifs is 1. The number of nitrogens with one attached hydrogen (secondary N) is 1. The molecule has 0 unspecified atom stereocenters. The molecule has 3 aromatic rings. The molecule has 5 nitrogen and oxygen atoms in total. The highest BCUT2D eigenvalue weighted by Gasteiger charge is 2.18. The summed E-state index contributed by atoms with van der Waals surface area (Å²) in [5.74, 6) is -0.172. The Morgan fingerprint density at radius 1 is 1.32 bits per heavy atom. The summed E-state index contributed by atoms with van der Waals surface area (Å²) in [6.07, 6.45) is 3.40. The van der Waals surface area contributed by atoms with Gasteiger partial charge in [0.2, 0.25) is 0 Å². The van der Waals surface area contributed by atoms with Crippen LogP contribution >= 0.6 is 11.3 Å². The lowest BCUT2D eigenvalue weighted by atomic mass is 10.1. The number of hydrogen-bond acceptors (Lipinski definition) is 5. The Kier molecular flexibility index (Phi) is 3.77. The van der Waals surface area contributed by atoms with Gasteiger partial charge >= 0.3 is 0 Å². The number of nitrogens with two attached hydrogens (primary N) is 1. The Morgan fingerprint density at radius 2 is 2.05 bits per heavy atom. The van der Waals surface area contributed by atoms with Gasteiger partial charge in [0.05, 0.1) is 5.69 Å². The Labute approximate surface area is 132 Å². The van der Waals surface area contributed by atoms with Crippen molar-refractivity contribution in [3.05, 3.63) is 52.3 Å². The number of hydrogen-bond donors (Lipinski definition) is 2. The van der Waals surface area contributed by atoms with Crippen LogP contribution in [0.15, 0.2) is 30.6 Å². The number of rotatable bonds is 3. The van der Waals surface area contributed by atoms with Crippen LogP contribution in [0.4, 0.5) is 5.69 Å². The highest BCUT2D eigenvalue weighted by molar-refractivity contribution is 7.21. The van der Waals surface area contributed by atoms with Gasteiger partial charge in [0.25, 0.3) is 5.91 Å². The SMILES string of the molecule is Cc1cc(C)c2c(N)c(C(=O)NCc3ccncc3)sc2n1. The van der Waals surface area contributed by atoms with E-state index in [2.05, 4.69) is 15.3 Å². The number of aromatic nitrogens is 2. The van der Waals surface area contributed by atoms with Crippen molar-refractivity contribution in [3.63, 3.8) is 0 Å². The maximum atomic E-state index is 12.4. The third-order valence-electron chi connectivity index (χ3n) is 3.43. The summed E-state index contributed by atoms with van der Waals surface area (Å²) < 4.78 is 0. The zero-order valence-corrected chi connectivity index (χ0v) is 13.2. The average molecular weight is 312 g/mol. The summed E-state index contributed by atoms with van der Waals surface area (Å²) in [5, 5.41) is 3.77. The molecule has 3 aromatic heterocycles. The van der Waals surface area contributed by atoms with Gasteiger partial charge in [0.1, 0.15) is 9.71 Å². The molecule has 0 bridgehead atoms. The van der Waals surface area contributed by atoms with Gasteiger partial charge in [-0.1, -0.05) is 0 Å². The molecule has 1 amide bonds. The lowest BCUT2D eigenvalue weighted by Crippen LogP contribution is -2.22. The van der Waals surface area contributed by atoms with Crippen LogP contribution in [0.2, 0.25) is 0 Å². The zero-order valence-electron chi connectivity index (χ0n) is 12.4. The fraction of sp³-hybridized carbons (Fsp3) is 0.188. The van der Waals surface area contributed by atoms with Gasteiger partial charge < -0.3 is 11.1 Å². The Morgan fingerprint density at radius 3 is 2.77 bits per heavy atom. The Bertz CT molecular complexity index is 842. The van der Waals surface area contributed by atoms with E-state index in [1.54, 1.807) is 12.4 Å². The summed E-state index contributed by atoms with van der Waals surface area (Å²) in [5.41, 5.74) is 9.64. The summed E-state index contributed by atoms with van der Waals surface area (Å²) in [7, 11) is 0. The average Bonchev–Trinajstić information content (AvgIpc) is 2.83. The summed E-state index contributed by atoms with van der Waals surface area (Å²) in [4.78, 5) is 22.1. The topological polar surface area (TPSA) is 80.9 Å². The van der Waals surface area contributed by atoms with Crippen molar-refractivity contribution in [3.8, 4) is 0 Å². The van der Waals surface area contributed by atoms with Crippen LogP contribution in [0.3, 0.4) is 0 Å². The van der Waals surface area contributed by atoms with Gasteiger partial charge in [-0.3, -0.25) is 9.78 Å². The number of amides is 1. The molecule has 0 aliphatic heterocycles. The molecule has 0 radical (unpaired) electrons. The number of anilines is 1. The maximum absolute atomic E-state index is 12.4. The number of carbonyl (C=O) groups is 1. The van der Waals surface area contributed by atoms with E-state index in [4.69, 9.17) is 5.73 Å². The third kappa shape index (κ3) is 2.65. The summed E-state index contributed by atoms with van der Waals surface area (Å²) in [6.45, 7) is 4.37. The van der Waals surface area contributed by atoms with Crippen LogP contribution in [0, 0.1) is 13.8 Å². The number of nitrogen functional groups attached to an aromatic ring is 1. The van der Waals surface area contributed by atoms with Gasteiger partial charge in [0, 0.05) is 30.0 Å².